The quantitative estimate of drug-likeness (QED) is 0.930. The molecule has 0 aromatic heterocycles. The summed E-state index contributed by atoms with van der Waals surface area (Å²) in [6.45, 7) is 9.55. The van der Waals surface area contributed by atoms with Gasteiger partial charge in [-0.3, -0.25) is 0 Å². The average molecular weight is 296 g/mol. The lowest BCUT2D eigenvalue weighted by molar-refractivity contribution is 0.375. The maximum absolute atomic E-state index is 12.8. The third kappa shape index (κ3) is 2.75. The van der Waals surface area contributed by atoms with Gasteiger partial charge in [-0.1, -0.05) is 19.9 Å². The number of nitrogens with zero attached hydrogens (tertiary/aromatic N) is 1. The van der Waals surface area contributed by atoms with Gasteiger partial charge >= 0.3 is 0 Å². The summed E-state index contributed by atoms with van der Waals surface area (Å²) >= 11 is 0. The molecule has 20 heavy (non-hydrogen) atoms. The third-order valence-corrected chi connectivity index (χ3v) is 6.15. The van der Waals surface area contributed by atoms with Crippen LogP contribution in [0.2, 0.25) is 0 Å². The Morgan fingerprint density at radius 1 is 1.30 bits per heavy atom. The van der Waals surface area contributed by atoms with E-state index in [4.69, 9.17) is 5.73 Å². The summed E-state index contributed by atoms with van der Waals surface area (Å²) in [5, 5.41) is 0. The van der Waals surface area contributed by atoms with E-state index >= 15 is 0 Å². The van der Waals surface area contributed by atoms with Crippen molar-refractivity contribution in [2.45, 2.75) is 45.6 Å². The maximum atomic E-state index is 12.8. The van der Waals surface area contributed by atoms with Crippen molar-refractivity contribution >= 4 is 10.0 Å². The first-order valence-electron chi connectivity index (χ1n) is 6.98. The molecule has 5 heteroatoms. The van der Waals surface area contributed by atoms with Crippen molar-refractivity contribution in [3.8, 4) is 0 Å². The largest absolute Gasteiger partial charge is 0.326 e. The summed E-state index contributed by atoms with van der Waals surface area (Å²) in [4.78, 5) is 0.413. The molecule has 2 N–H and O–H groups in total. The van der Waals surface area contributed by atoms with Gasteiger partial charge in [-0.2, -0.15) is 4.31 Å². The van der Waals surface area contributed by atoms with Gasteiger partial charge in [0.15, 0.2) is 0 Å². The van der Waals surface area contributed by atoms with Gasteiger partial charge in [0.1, 0.15) is 0 Å². The van der Waals surface area contributed by atoms with E-state index in [1.165, 1.54) is 0 Å². The smallest absolute Gasteiger partial charge is 0.243 e. The molecule has 1 saturated heterocycles. The molecule has 0 amide bonds. The molecule has 0 bridgehead atoms. The Bertz CT molecular complexity index is 621. The Balaban J connectivity index is 2.47. The number of aryl methyl sites for hydroxylation is 1. The van der Waals surface area contributed by atoms with E-state index in [2.05, 4.69) is 13.8 Å². The highest BCUT2D eigenvalue weighted by Gasteiger charge is 2.37. The standard InChI is InChI=1S/C15H24N2O2S/c1-11-7-13(9-16)8-14(12(11)2)20(18,19)17-6-5-15(3,4)10-17/h7-8H,5-6,9-10,16H2,1-4H3. The lowest BCUT2D eigenvalue weighted by Crippen LogP contribution is -2.31. The summed E-state index contributed by atoms with van der Waals surface area (Å²) in [5.74, 6) is 0. The average Bonchev–Trinajstić information content (AvgIpc) is 2.73. The predicted molar refractivity (Wildman–Crippen MR) is 81.0 cm³/mol. The van der Waals surface area contributed by atoms with E-state index in [9.17, 15) is 8.42 Å². The molecule has 1 fully saturated rings. The summed E-state index contributed by atoms with van der Waals surface area (Å²) in [6.07, 6.45) is 0.904. The topological polar surface area (TPSA) is 63.4 Å². The molecular formula is C15H24N2O2S. The number of hydrogen-bond acceptors (Lipinski definition) is 3. The second-order valence-electron chi connectivity index (χ2n) is 6.49. The van der Waals surface area contributed by atoms with Gasteiger partial charge in [0.25, 0.3) is 0 Å². The first kappa shape index (κ1) is 15.5. The number of hydrogen-bond donors (Lipinski definition) is 1. The summed E-state index contributed by atoms with van der Waals surface area (Å²) in [5.41, 5.74) is 8.39. The summed E-state index contributed by atoms with van der Waals surface area (Å²) in [6, 6.07) is 3.69. The van der Waals surface area contributed by atoms with Crippen LogP contribution >= 0.6 is 0 Å². The maximum Gasteiger partial charge on any atom is 0.243 e. The van der Waals surface area contributed by atoms with Crippen molar-refractivity contribution in [1.82, 2.24) is 4.31 Å². The zero-order chi connectivity index (χ0) is 15.1. The van der Waals surface area contributed by atoms with Crippen LogP contribution in [0.4, 0.5) is 0 Å². The van der Waals surface area contributed by atoms with Crippen LogP contribution in [0.15, 0.2) is 17.0 Å². The molecular weight excluding hydrogens is 272 g/mol. The molecule has 2 rings (SSSR count). The van der Waals surface area contributed by atoms with Gasteiger partial charge in [0.2, 0.25) is 10.0 Å². The predicted octanol–water partition coefficient (Wildman–Crippen LogP) is 2.18. The Morgan fingerprint density at radius 2 is 1.95 bits per heavy atom. The Labute approximate surface area is 122 Å². The second-order valence-corrected chi connectivity index (χ2v) is 8.40. The fourth-order valence-corrected chi connectivity index (χ4v) is 4.67. The zero-order valence-electron chi connectivity index (χ0n) is 12.7. The van der Waals surface area contributed by atoms with Gasteiger partial charge in [0, 0.05) is 19.6 Å². The third-order valence-electron chi connectivity index (χ3n) is 4.18. The van der Waals surface area contributed by atoms with Crippen molar-refractivity contribution in [1.29, 1.82) is 0 Å². The Morgan fingerprint density at radius 3 is 2.45 bits per heavy atom. The van der Waals surface area contributed by atoms with Crippen LogP contribution in [-0.2, 0) is 16.6 Å². The van der Waals surface area contributed by atoms with Crippen molar-refractivity contribution < 1.29 is 8.42 Å². The van der Waals surface area contributed by atoms with Crippen molar-refractivity contribution in [3.05, 3.63) is 28.8 Å². The highest BCUT2D eigenvalue weighted by atomic mass is 32.2. The molecule has 0 radical (unpaired) electrons. The van der Waals surface area contributed by atoms with Crippen LogP contribution in [-0.4, -0.2) is 25.8 Å². The Hall–Kier alpha value is -0.910. The van der Waals surface area contributed by atoms with Gasteiger partial charge in [-0.25, -0.2) is 8.42 Å². The van der Waals surface area contributed by atoms with Gasteiger partial charge < -0.3 is 5.73 Å². The molecule has 4 nitrogen and oxygen atoms in total. The number of nitrogens with two attached hydrogens (primary N) is 1. The van der Waals surface area contributed by atoms with E-state index in [1.807, 2.05) is 19.9 Å². The minimum Gasteiger partial charge on any atom is -0.326 e. The van der Waals surface area contributed by atoms with Gasteiger partial charge in [-0.15, -0.1) is 0 Å². The molecule has 1 aliphatic heterocycles. The minimum atomic E-state index is -3.42. The SMILES string of the molecule is Cc1cc(CN)cc(S(=O)(=O)N2CCC(C)(C)C2)c1C. The van der Waals surface area contributed by atoms with Crippen LogP contribution < -0.4 is 5.73 Å². The van der Waals surface area contributed by atoms with E-state index in [0.29, 0.717) is 24.5 Å². The van der Waals surface area contributed by atoms with Crippen molar-refractivity contribution in [2.75, 3.05) is 13.1 Å². The number of benzene rings is 1. The summed E-state index contributed by atoms with van der Waals surface area (Å²) in [7, 11) is -3.42. The zero-order valence-corrected chi connectivity index (χ0v) is 13.5. The Kier molecular flexibility index (Phi) is 3.97. The highest BCUT2D eigenvalue weighted by Crippen LogP contribution is 2.34. The van der Waals surface area contributed by atoms with Crippen LogP contribution in [0.5, 0.6) is 0 Å². The van der Waals surface area contributed by atoms with E-state index in [1.54, 1.807) is 10.4 Å². The van der Waals surface area contributed by atoms with Crippen LogP contribution in [0.3, 0.4) is 0 Å². The summed E-state index contributed by atoms with van der Waals surface area (Å²) < 4.78 is 27.3. The van der Waals surface area contributed by atoms with Crippen LogP contribution in [0, 0.1) is 19.3 Å². The van der Waals surface area contributed by atoms with Crippen molar-refractivity contribution in [3.63, 3.8) is 0 Å². The first-order valence-corrected chi connectivity index (χ1v) is 8.42. The monoisotopic (exact) mass is 296 g/mol. The minimum absolute atomic E-state index is 0.0570. The lowest BCUT2D eigenvalue weighted by Gasteiger charge is -2.21. The number of sulfonamides is 1. The molecule has 1 aromatic rings. The molecule has 112 valence electrons. The molecule has 1 aromatic carbocycles. The van der Waals surface area contributed by atoms with Crippen molar-refractivity contribution in [2.24, 2.45) is 11.1 Å². The van der Waals surface area contributed by atoms with Crippen LogP contribution in [0.1, 0.15) is 37.0 Å². The number of rotatable bonds is 3. The van der Waals surface area contributed by atoms with E-state index < -0.39 is 10.0 Å². The van der Waals surface area contributed by atoms with E-state index in [0.717, 1.165) is 23.1 Å². The normalized spacial score (nSPS) is 19.4. The van der Waals surface area contributed by atoms with Gasteiger partial charge in [0.05, 0.1) is 4.90 Å². The molecule has 0 aliphatic carbocycles. The molecule has 0 spiro atoms. The first-order chi connectivity index (χ1) is 9.17. The molecule has 0 saturated carbocycles. The fourth-order valence-electron chi connectivity index (χ4n) is 2.69. The lowest BCUT2D eigenvalue weighted by atomic mass is 9.93. The molecule has 0 unspecified atom stereocenters. The van der Waals surface area contributed by atoms with E-state index in [-0.39, 0.29) is 5.41 Å². The highest BCUT2D eigenvalue weighted by molar-refractivity contribution is 7.89. The molecule has 1 heterocycles. The second kappa shape index (κ2) is 5.13. The van der Waals surface area contributed by atoms with Crippen LogP contribution in [0.25, 0.3) is 0 Å². The molecule has 0 atom stereocenters. The fraction of sp³-hybridized carbons (Fsp3) is 0.600. The van der Waals surface area contributed by atoms with Gasteiger partial charge in [-0.05, 0) is 48.4 Å². The molecule has 1 aliphatic rings.